The third kappa shape index (κ3) is 2.11. The lowest BCUT2D eigenvalue weighted by Crippen LogP contribution is -2.33. The number of hydrogen-bond donors (Lipinski definition) is 1. The molecule has 1 aromatic rings. The summed E-state index contributed by atoms with van der Waals surface area (Å²) in [6.07, 6.45) is 0. The number of rotatable bonds is 4. The van der Waals surface area contributed by atoms with E-state index in [1.165, 1.54) is 4.90 Å². The SMILES string of the molecule is C=C(CNC)CN1C(=O)C(=O)c2cccc(Br)c21. The van der Waals surface area contributed by atoms with Crippen molar-refractivity contribution in [2.24, 2.45) is 0 Å². The fourth-order valence-electron chi connectivity index (χ4n) is 1.99. The number of fused-ring (bicyclic) bond motifs is 1. The molecule has 4 nitrogen and oxygen atoms in total. The van der Waals surface area contributed by atoms with Gasteiger partial charge in [0.15, 0.2) is 0 Å². The van der Waals surface area contributed by atoms with E-state index in [0.717, 1.165) is 10.0 Å². The van der Waals surface area contributed by atoms with Gasteiger partial charge in [0.25, 0.3) is 11.7 Å². The Morgan fingerprint density at radius 3 is 2.83 bits per heavy atom. The molecule has 0 fully saturated rings. The van der Waals surface area contributed by atoms with Crippen LogP contribution in [0.5, 0.6) is 0 Å². The van der Waals surface area contributed by atoms with Gasteiger partial charge >= 0.3 is 0 Å². The first-order chi connectivity index (χ1) is 8.56. The van der Waals surface area contributed by atoms with Crippen LogP contribution in [0.3, 0.4) is 0 Å². The summed E-state index contributed by atoms with van der Waals surface area (Å²) in [5.41, 5.74) is 1.94. The van der Waals surface area contributed by atoms with E-state index in [1.807, 2.05) is 13.1 Å². The summed E-state index contributed by atoms with van der Waals surface area (Å²) in [6, 6.07) is 5.24. The van der Waals surface area contributed by atoms with Crippen molar-refractivity contribution in [2.75, 3.05) is 25.0 Å². The molecule has 5 heteroatoms. The zero-order valence-corrected chi connectivity index (χ0v) is 11.6. The summed E-state index contributed by atoms with van der Waals surface area (Å²) >= 11 is 3.38. The summed E-state index contributed by atoms with van der Waals surface area (Å²) in [4.78, 5) is 25.3. The highest BCUT2D eigenvalue weighted by atomic mass is 79.9. The molecule has 0 aromatic heterocycles. The molecule has 0 spiro atoms. The smallest absolute Gasteiger partial charge is 0.299 e. The molecule has 2 rings (SSSR count). The molecule has 0 saturated heterocycles. The van der Waals surface area contributed by atoms with Crippen molar-refractivity contribution in [1.82, 2.24) is 5.32 Å². The predicted octanol–water partition coefficient (Wildman–Crippen LogP) is 1.75. The molecule has 1 aliphatic heterocycles. The molecular weight excluding hydrogens is 296 g/mol. The average Bonchev–Trinajstić information content (AvgIpc) is 2.56. The number of hydrogen-bond acceptors (Lipinski definition) is 3. The Labute approximate surface area is 114 Å². The molecule has 1 aliphatic rings. The second-order valence-electron chi connectivity index (χ2n) is 4.14. The Balaban J connectivity index is 2.36. The Hall–Kier alpha value is -1.46. The van der Waals surface area contributed by atoms with Crippen LogP contribution in [0.2, 0.25) is 0 Å². The van der Waals surface area contributed by atoms with E-state index in [-0.39, 0.29) is 0 Å². The highest BCUT2D eigenvalue weighted by molar-refractivity contribution is 9.10. The molecule has 1 N–H and O–H groups in total. The van der Waals surface area contributed by atoms with E-state index in [9.17, 15) is 9.59 Å². The lowest BCUT2D eigenvalue weighted by Gasteiger charge is -2.19. The maximum absolute atomic E-state index is 11.9. The second-order valence-corrected chi connectivity index (χ2v) is 4.99. The van der Waals surface area contributed by atoms with Gasteiger partial charge in [0, 0.05) is 17.6 Å². The molecule has 0 aliphatic carbocycles. The molecule has 0 bridgehead atoms. The zero-order chi connectivity index (χ0) is 13.3. The van der Waals surface area contributed by atoms with Gasteiger partial charge < -0.3 is 5.32 Å². The minimum Gasteiger partial charge on any atom is -0.316 e. The van der Waals surface area contributed by atoms with Crippen LogP contribution in [-0.4, -0.2) is 31.8 Å². The van der Waals surface area contributed by atoms with Gasteiger partial charge in [0.2, 0.25) is 0 Å². The maximum Gasteiger partial charge on any atom is 0.299 e. The standard InChI is InChI=1S/C13H13BrN2O2/c1-8(6-15-2)7-16-11-9(12(17)13(16)18)4-3-5-10(11)14/h3-5,15H,1,6-7H2,2H3. The first kappa shape index (κ1) is 13.0. The highest BCUT2D eigenvalue weighted by Crippen LogP contribution is 2.36. The van der Waals surface area contributed by atoms with E-state index in [4.69, 9.17) is 0 Å². The third-order valence-corrected chi connectivity index (χ3v) is 3.39. The number of likely N-dealkylation sites (N-methyl/N-ethyl adjacent to an activating group) is 1. The Kier molecular flexibility index (Phi) is 3.63. The number of Topliss-reactive ketones (excluding diaryl/α,β-unsaturated/α-hetero) is 1. The van der Waals surface area contributed by atoms with Crippen LogP contribution in [0.25, 0.3) is 0 Å². The number of benzene rings is 1. The maximum atomic E-state index is 11.9. The van der Waals surface area contributed by atoms with Gasteiger partial charge in [-0.1, -0.05) is 12.6 Å². The van der Waals surface area contributed by atoms with Crippen molar-refractivity contribution < 1.29 is 9.59 Å². The van der Waals surface area contributed by atoms with E-state index >= 15 is 0 Å². The van der Waals surface area contributed by atoms with Crippen LogP contribution in [0.4, 0.5) is 5.69 Å². The van der Waals surface area contributed by atoms with Crippen molar-refractivity contribution in [3.63, 3.8) is 0 Å². The summed E-state index contributed by atoms with van der Waals surface area (Å²) in [7, 11) is 1.81. The lowest BCUT2D eigenvalue weighted by atomic mass is 10.1. The number of amides is 1. The minimum absolute atomic E-state index is 0.348. The molecule has 0 atom stereocenters. The van der Waals surface area contributed by atoms with Gasteiger partial charge in [-0.15, -0.1) is 0 Å². The first-order valence-electron chi connectivity index (χ1n) is 5.52. The molecular formula is C13H13BrN2O2. The topological polar surface area (TPSA) is 49.4 Å². The van der Waals surface area contributed by atoms with Crippen LogP contribution in [0.15, 0.2) is 34.8 Å². The number of nitrogens with zero attached hydrogens (tertiary/aromatic N) is 1. The monoisotopic (exact) mass is 308 g/mol. The Morgan fingerprint density at radius 1 is 1.44 bits per heavy atom. The fraction of sp³-hybridized carbons (Fsp3) is 0.231. The first-order valence-corrected chi connectivity index (χ1v) is 6.31. The van der Waals surface area contributed by atoms with Crippen molar-refractivity contribution in [3.8, 4) is 0 Å². The van der Waals surface area contributed by atoms with E-state index in [2.05, 4.69) is 27.8 Å². The number of ketones is 1. The van der Waals surface area contributed by atoms with E-state index < -0.39 is 11.7 Å². The molecule has 0 saturated carbocycles. The number of carbonyl (C=O) groups excluding carboxylic acids is 2. The van der Waals surface area contributed by atoms with Crippen molar-refractivity contribution in [2.45, 2.75) is 0 Å². The molecule has 18 heavy (non-hydrogen) atoms. The number of nitrogens with one attached hydrogen (secondary N) is 1. The fourth-order valence-corrected chi connectivity index (χ4v) is 2.57. The summed E-state index contributed by atoms with van der Waals surface area (Å²) in [5.74, 6) is -0.947. The largest absolute Gasteiger partial charge is 0.316 e. The Bertz CT molecular complexity index is 540. The quantitative estimate of drug-likeness (QED) is 0.681. The summed E-state index contributed by atoms with van der Waals surface area (Å²) in [5, 5.41) is 2.97. The Morgan fingerprint density at radius 2 is 2.17 bits per heavy atom. The minimum atomic E-state index is -0.492. The van der Waals surface area contributed by atoms with Crippen LogP contribution >= 0.6 is 15.9 Å². The van der Waals surface area contributed by atoms with E-state index in [0.29, 0.717) is 24.3 Å². The molecule has 1 heterocycles. The van der Waals surface area contributed by atoms with Gasteiger partial charge in [-0.25, -0.2) is 0 Å². The number of carbonyl (C=O) groups is 2. The molecule has 0 unspecified atom stereocenters. The zero-order valence-electron chi connectivity index (χ0n) is 10.00. The molecule has 0 radical (unpaired) electrons. The van der Waals surface area contributed by atoms with Crippen LogP contribution in [0, 0.1) is 0 Å². The second kappa shape index (κ2) is 5.04. The predicted molar refractivity (Wildman–Crippen MR) is 73.9 cm³/mol. The van der Waals surface area contributed by atoms with Crippen molar-refractivity contribution >= 4 is 33.3 Å². The molecule has 1 amide bonds. The van der Waals surface area contributed by atoms with E-state index in [1.54, 1.807) is 12.1 Å². The van der Waals surface area contributed by atoms with Crippen LogP contribution in [-0.2, 0) is 4.79 Å². The van der Waals surface area contributed by atoms with Gasteiger partial charge in [-0.05, 0) is 40.7 Å². The molecule has 94 valence electrons. The van der Waals surface area contributed by atoms with Crippen LogP contribution < -0.4 is 10.2 Å². The average molecular weight is 309 g/mol. The number of para-hydroxylation sites is 1. The van der Waals surface area contributed by atoms with Gasteiger partial charge in [-0.3, -0.25) is 14.5 Å². The molecule has 1 aromatic carbocycles. The number of halogens is 1. The number of anilines is 1. The van der Waals surface area contributed by atoms with Gasteiger partial charge in [0.1, 0.15) is 0 Å². The van der Waals surface area contributed by atoms with Gasteiger partial charge in [-0.2, -0.15) is 0 Å². The highest BCUT2D eigenvalue weighted by Gasteiger charge is 2.37. The van der Waals surface area contributed by atoms with Crippen molar-refractivity contribution in [3.05, 3.63) is 40.4 Å². The lowest BCUT2D eigenvalue weighted by molar-refractivity contribution is -0.114. The van der Waals surface area contributed by atoms with Gasteiger partial charge in [0.05, 0.1) is 11.3 Å². The third-order valence-electron chi connectivity index (χ3n) is 2.75. The normalized spacial score (nSPS) is 14.0. The summed E-state index contributed by atoms with van der Waals surface area (Å²) in [6.45, 7) is 4.84. The summed E-state index contributed by atoms with van der Waals surface area (Å²) < 4.78 is 0.747. The van der Waals surface area contributed by atoms with Crippen molar-refractivity contribution in [1.29, 1.82) is 0 Å². The van der Waals surface area contributed by atoms with Crippen LogP contribution in [0.1, 0.15) is 10.4 Å².